The quantitative estimate of drug-likeness (QED) is 0.394. The molecule has 3 aromatic rings. The Balaban J connectivity index is 1.40. The molecule has 2 heterocycles. The summed E-state index contributed by atoms with van der Waals surface area (Å²) in [6, 6.07) is 19.5. The third kappa shape index (κ3) is 4.72. The molecule has 3 aromatic carbocycles. The van der Waals surface area contributed by atoms with Crippen molar-refractivity contribution in [1.82, 2.24) is 5.32 Å². The third-order valence-corrected chi connectivity index (χ3v) is 7.52. The van der Waals surface area contributed by atoms with E-state index in [-0.39, 0.29) is 36.2 Å². The fourth-order valence-corrected chi connectivity index (χ4v) is 5.70. The topological polar surface area (TPSA) is 76.7 Å². The first-order chi connectivity index (χ1) is 19.2. The number of amides is 1. The van der Waals surface area contributed by atoms with Crippen LogP contribution < -0.4 is 20.1 Å². The van der Waals surface area contributed by atoms with Gasteiger partial charge in [-0.1, -0.05) is 42.5 Å². The summed E-state index contributed by atoms with van der Waals surface area (Å²) in [6.45, 7) is 1.80. The summed E-state index contributed by atoms with van der Waals surface area (Å²) in [7, 11) is 0. The van der Waals surface area contributed by atoms with Crippen molar-refractivity contribution in [2.75, 3.05) is 12.1 Å². The van der Waals surface area contributed by atoms with Crippen molar-refractivity contribution < 1.29 is 32.2 Å². The van der Waals surface area contributed by atoms with E-state index in [1.165, 1.54) is 12.1 Å². The molecule has 2 atom stereocenters. The average molecular weight is 547 g/mol. The van der Waals surface area contributed by atoms with Crippen LogP contribution in [-0.4, -0.2) is 18.5 Å². The first-order valence-corrected chi connectivity index (χ1v) is 12.9. The van der Waals surface area contributed by atoms with Crippen LogP contribution in [0.3, 0.4) is 0 Å². The van der Waals surface area contributed by atoms with Gasteiger partial charge in [-0.05, 0) is 60.7 Å². The normalized spacial score (nSPS) is 20.2. The number of carbonyl (C=O) groups is 2. The van der Waals surface area contributed by atoms with E-state index in [1.54, 1.807) is 25.1 Å². The van der Waals surface area contributed by atoms with E-state index in [9.17, 15) is 22.8 Å². The number of benzene rings is 3. The molecule has 1 amide bonds. The number of hydrogen-bond donors (Lipinski definition) is 2. The van der Waals surface area contributed by atoms with Gasteiger partial charge in [0.25, 0.3) is 5.91 Å². The lowest BCUT2D eigenvalue weighted by atomic mass is 9.71. The van der Waals surface area contributed by atoms with Gasteiger partial charge >= 0.3 is 6.18 Å². The summed E-state index contributed by atoms with van der Waals surface area (Å²) in [4.78, 5) is 27.5. The summed E-state index contributed by atoms with van der Waals surface area (Å²) in [6.07, 6.45) is -3.71. The minimum absolute atomic E-state index is 0.00319. The van der Waals surface area contributed by atoms with E-state index >= 15 is 0 Å². The van der Waals surface area contributed by atoms with Crippen molar-refractivity contribution in [1.29, 1.82) is 0 Å². The minimum atomic E-state index is -4.55. The summed E-state index contributed by atoms with van der Waals surface area (Å²) >= 11 is 0. The molecule has 0 aromatic heterocycles. The number of rotatable bonds is 4. The number of Topliss-reactive ketones (excluding diaryl/α,β-unsaturated/α-hetero) is 1. The Hall–Kier alpha value is -4.53. The second-order valence-electron chi connectivity index (χ2n) is 10.1. The number of ether oxygens (including phenoxy) is 2. The molecule has 204 valence electrons. The lowest BCUT2D eigenvalue weighted by molar-refractivity contribution is -0.137. The van der Waals surface area contributed by atoms with Gasteiger partial charge in [0.1, 0.15) is 0 Å². The fraction of sp³-hybridized carbons (Fsp3) is 0.226. The molecular weight excluding hydrogens is 521 g/mol. The van der Waals surface area contributed by atoms with Gasteiger partial charge in [0.15, 0.2) is 17.3 Å². The van der Waals surface area contributed by atoms with Crippen LogP contribution in [0, 0.1) is 0 Å². The predicted octanol–water partition coefficient (Wildman–Crippen LogP) is 6.43. The zero-order valence-electron chi connectivity index (χ0n) is 21.5. The van der Waals surface area contributed by atoms with Crippen LogP contribution >= 0.6 is 0 Å². The first-order valence-electron chi connectivity index (χ1n) is 12.9. The molecule has 40 heavy (non-hydrogen) atoms. The standard InChI is InChI=1S/C31H25F3N2O4/c1-17-27(30(38)36-22-9-5-8-21(15-22)31(32,33)34)28(19-10-11-25-26(14-19)40-16-39-25)29-23(35-17)12-20(13-24(29)37)18-6-3-2-4-7-18/h2-11,14-15,20,28,35H,12-13,16H2,1H3,(H,36,38)/t20-,28+/m1/s1. The molecule has 0 radical (unpaired) electrons. The highest BCUT2D eigenvalue weighted by Crippen LogP contribution is 2.47. The van der Waals surface area contributed by atoms with E-state index in [4.69, 9.17) is 9.47 Å². The van der Waals surface area contributed by atoms with Crippen LogP contribution in [0.5, 0.6) is 11.5 Å². The third-order valence-electron chi connectivity index (χ3n) is 7.52. The summed E-state index contributed by atoms with van der Waals surface area (Å²) in [5, 5.41) is 5.92. The Kier molecular flexibility index (Phi) is 6.37. The lowest BCUT2D eigenvalue weighted by Crippen LogP contribution is -2.37. The maximum absolute atomic E-state index is 13.8. The van der Waals surface area contributed by atoms with E-state index in [2.05, 4.69) is 10.6 Å². The van der Waals surface area contributed by atoms with Crippen LogP contribution in [0.15, 0.2) is 95.3 Å². The molecule has 6 nitrogen and oxygen atoms in total. The van der Waals surface area contributed by atoms with Gasteiger partial charge in [-0.25, -0.2) is 0 Å². The molecule has 1 aliphatic carbocycles. The van der Waals surface area contributed by atoms with Gasteiger partial charge in [-0.15, -0.1) is 0 Å². The van der Waals surface area contributed by atoms with Crippen molar-refractivity contribution in [2.24, 2.45) is 0 Å². The van der Waals surface area contributed by atoms with Crippen LogP contribution in [0.25, 0.3) is 0 Å². The highest BCUT2D eigenvalue weighted by Gasteiger charge is 2.41. The Morgan fingerprint density at radius 1 is 0.925 bits per heavy atom. The van der Waals surface area contributed by atoms with Gasteiger partial charge in [-0.2, -0.15) is 13.2 Å². The molecule has 0 saturated heterocycles. The van der Waals surface area contributed by atoms with E-state index in [0.717, 1.165) is 23.4 Å². The number of halogens is 3. The van der Waals surface area contributed by atoms with E-state index in [1.807, 2.05) is 30.3 Å². The van der Waals surface area contributed by atoms with Gasteiger partial charge in [-0.3, -0.25) is 9.59 Å². The monoisotopic (exact) mass is 546 g/mol. The highest BCUT2D eigenvalue weighted by molar-refractivity contribution is 6.10. The van der Waals surface area contributed by atoms with Gasteiger partial charge in [0, 0.05) is 40.6 Å². The Bertz CT molecular complexity index is 1580. The summed E-state index contributed by atoms with van der Waals surface area (Å²) < 4.78 is 50.9. The molecule has 6 rings (SSSR count). The van der Waals surface area contributed by atoms with Crippen LogP contribution in [0.1, 0.15) is 48.3 Å². The number of allylic oxidation sites excluding steroid dienone is 3. The minimum Gasteiger partial charge on any atom is -0.454 e. The number of carbonyl (C=O) groups excluding carboxylic acids is 2. The number of hydrogen-bond acceptors (Lipinski definition) is 5. The smallest absolute Gasteiger partial charge is 0.416 e. The second-order valence-corrected chi connectivity index (χ2v) is 10.1. The molecule has 2 aliphatic heterocycles. The summed E-state index contributed by atoms with van der Waals surface area (Å²) in [5.74, 6) is -0.411. The molecule has 0 saturated carbocycles. The second kappa shape index (κ2) is 9.89. The Morgan fingerprint density at radius 2 is 1.70 bits per heavy atom. The molecule has 3 aliphatic rings. The van der Waals surface area contributed by atoms with E-state index < -0.39 is 23.6 Å². The van der Waals surface area contributed by atoms with Gasteiger partial charge < -0.3 is 20.1 Å². The Morgan fingerprint density at radius 3 is 2.48 bits per heavy atom. The molecular formula is C31H25F3N2O4. The Labute approximate surface area is 228 Å². The zero-order chi connectivity index (χ0) is 28.0. The highest BCUT2D eigenvalue weighted by atomic mass is 19.4. The number of fused-ring (bicyclic) bond motifs is 1. The van der Waals surface area contributed by atoms with Crippen molar-refractivity contribution in [3.63, 3.8) is 0 Å². The lowest BCUT2D eigenvalue weighted by Gasteiger charge is -2.37. The maximum atomic E-state index is 13.8. The molecule has 0 spiro atoms. The maximum Gasteiger partial charge on any atom is 0.416 e. The fourth-order valence-electron chi connectivity index (χ4n) is 5.70. The van der Waals surface area contributed by atoms with Crippen molar-refractivity contribution in [3.05, 3.63) is 112 Å². The van der Waals surface area contributed by atoms with Crippen molar-refractivity contribution in [3.8, 4) is 11.5 Å². The number of nitrogens with one attached hydrogen (secondary N) is 2. The van der Waals surface area contributed by atoms with Gasteiger partial charge in [0.05, 0.1) is 5.56 Å². The largest absolute Gasteiger partial charge is 0.454 e. The molecule has 9 heteroatoms. The first kappa shape index (κ1) is 25.7. The van der Waals surface area contributed by atoms with Crippen molar-refractivity contribution in [2.45, 2.75) is 37.8 Å². The zero-order valence-corrected chi connectivity index (χ0v) is 21.5. The molecule has 2 N–H and O–H groups in total. The predicted molar refractivity (Wildman–Crippen MR) is 142 cm³/mol. The number of anilines is 1. The summed E-state index contributed by atoms with van der Waals surface area (Å²) in [5.41, 5.74) is 2.82. The molecule has 0 fully saturated rings. The van der Waals surface area contributed by atoms with E-state index in [0.29, 0.717) is 34.8 Å². The van der Waals surface area contributed by atoms with Crippen LogP contribution in [0.4, 0.5) is 18.9 Å². The molecule has 0 unspecified atom stereocenters. The molecule has 0 bridgehead atoms. The SMILES string of the molecule is CC1=C(C(=O)Nc2cccc(C(F)(F)F)c2)[C@H](c2ccc3c(c2)OCO3)C2=C(C[C@@H](c3ccccc3)CC2=O)N1. The number of dihydropyridines is 1. The van der Waals surface area contributed by atoms with Gasteiger partial charge in [0.2, 0.25) is 6.79 Å². The van der Waals surface area contributed by atoms with Crippen molar-refractivity contribution >= 4 is 17.4 Å². The average Bonchev–Trinajstić information content (AvgIpc) is 3.40. The van der Waals surface area contributed by atoms with Crippen LogP contribution in [0.2, 0.25) is 0 Å². The van der Waals surface area contributed by atoms with Crippen LogP contribution in [-0.2, 0) is 15.8 Å². The number of alkyl halides is 3. The number of ketones is 1.